The molecule has 1 amide bonds. The zero-order valence-corrected chi connectivity index (χ0v) is 14.2. The van der Waals surface area contributed by atoms with E-state index in [0.29, 0.717) is 22.8 Å². The molecule has 3 rings (SSSR count). The normalized spacial score (nSPS) is 10.4. The van der Waals surface area contributed by atoms with Gasteiger partial charge in [-0.1, -0.05) is 11.6 Å². The molecule has 9 heteroatoms. The van der Waals surface area contributed by atoms with Crippen LogP contribution in [-0.4, -0.2) is 20.9 Å². The van der Waals surface area contributed by atoms with E-state index in [2.05, 4.69) is 25.6 Å². The highest BCUT2D eigenvalue weighted by atomic mass is 35.5. The smallest absolute Gasteiger partial charge is 0.275 e. The van der Waals surface area contributed by atoms with Crippen LogP contribution in [-0.2, 0) is 6.54 Å². The molecule has 0 bridgehead atoms. The molecule has 4 N–H and O–H groups in total. The first-order valence-corrected chi connectivity index (χ1v) is 7.92. The van der Waals surface area contributed by atoms with Crippen LogP contribution in [0.3, 0.4) is 0 Å². The Morgan fingerprint density at radius 1 is 1.19 bits per heavy atom. The zero-order chi connectivity index (χ0) is 18.5. The second-order valence-corrected chi connectivity index (χ2v) is 5.66. The molecule has 1 aromatic carbocycles. The van der Waals surface area contributed by atoms with Crippen molar-refractivity contribution >= 4 is 34.7 Å². The number of carbonyl (C=O) groups excluding carboxylic acids is 1. The molecule has 2 aromatic heterocycles. The Kier molecular flexibility index (Phi) is 5.23. The summed E-state index contributed by atoms with van der Waals surface area (Å²) >= 11 is 5.64. The molecule has 26 heavy (non-hydrogen) atoms. The van der Waals surface area contributed by atoms with Crippen LogP contribution < -0.4 is 16.4 Å². The van der Waals surface area contributed by atoms with E-state index in [1.54, 1.807) is 18.3 Å². The number of hydrogen-bond acceptors (Lipinski definition) is 6. The summed E-state index contributed by atoms with van der Waals surface area (Å²) in [4.78, 5) is 23.8. The molecule has 0 saturated heterocycles. The van der Waals surface area contributed by atoms with Gasteiger partial charge in [-0.05, 0) is 30.3 Å². The zero-order valence-electron chi connectivity index (χ0n) is 13.4. The van der Waals surface area contributed by atoms with Gasteiger partial charge in [0.15, 0.2) is 0 Å². The summed E-state index contributed by atoms with van der Waals surface area (Å²) in [6.45, 7) is 0.173. The van der Waals surface area contributed by atoms with Crippen LogP contribution in [0.25, 0.3) is 0 Å². The van der Waals surface area contributed by atoms with Crippen LogP contribution in [0.1, 0.15) is 16.1 Å². The Labute approximate surface area is 153 Å². The van der Waals surface area contributed by atoms with Crippen LogP contribution in [0.4, 0.5) is 21.6 Å². The molecule has 0 saturated carbocycles. The maximum atomic E-state index is 14.0. The molecule has 0 radical (unpaired) electrons. The van der Waals surface area contributed by atoms with Gasteiger partial charge in [-0.2, -0.15) is 0 Å². The number of rotatable bonds is 5. The van der Waals surface area contributed by atoms with Gasteiger partial charge < -0.3 is 16.4 Å². The van der Waals surface area contributed by atoms with Crippen molar-refractivity contribution in [3.05, 3.63) is 71.2 Å². The van der Waals surface area contributed by atoms with Crippen molar-refractivity contribution in [2.75, 3.05) is 16.4 Å². The maximum Gasteiger partial charge on any atom is 0.275 e. The fraction of sp³-hybridized carbons (Fsp3) is 0.0588. The molecule has 3 aromatic rings. The quantitative estimate of drug-likeness (QED) is 0.635. The summed E-state index contributed by atoms with van der Waals surface area (Å²) in [7, 11) is 0. The molecule has 0 unspecified atom stereocenters. The van der Waals surface area contributed by atoms with E-state index in [4.69, 9.17) is 17.3 Å². The summed E-state index contributed by atoms with van der Waals surface area (Å²) < 4.78 is 14.0. The third-order valence-electron chi connectivity index (χ3n) is 3.46. The summed E-state index contributed by atoms with van der Waals surface area (Å²) in [5, 5.41) is 5.84. The summed E-state index contributed by atoms with van der Waals surface area (Å²) in [5.41, 5.74) is 7.22. The minimum absolute atomic E-state index is 0.0986. The number of nitrogens with one attached hydrogen (secondary N) is 2. The predicted octanol–water partition coefficient (Wildman–Crippen LogP) is 3.11. The van der Waals surface area contributed by atoms with Crippen LogP contribution in [0, 0.1) is 5.82 Å². The van der Waals surface area contributed by atoms with Gasteiger partial charge in [0.2, 0.25) is 0 Å². The van der Waals surface area contributed by atoms with Crippen LogP contribution in [0.5, 0.6) is 0 Å². The molecule has 0 aliphatic heterocycles. The third-order valence-corrected chi connectivity index (χ3v) is 3.66. The second-order valence-electron chi connectivity index (χ2n) is 5.27. The van der Waals surface area contributed by atoms with Gasteiger partial charge in [-0.15, -0.1) is 0 Å². The van der Waals surface area contributed by atoms with Crippen LogP contribution in [0.2, 0.25) is 5.15 Å². The number of nitrogens with two attached hydrogens (primary N) is 1. The van der Waals surface area contributed by atoms with Crippen molar-refractivity contribution in [1.29, 1.82) is 0 Å². The molecule has 0 aliphatic rings. The molecule has 7 nitrogen and oxygen atoms in total. The molecular formula is C17H14ClFN6O. The van der Waals surface area contributed by atoms with Crippen molar-refractivity contribution in [1.82, 2.24) is 15.0 Å². The number of nitrogen functional groups attached to an aromatic ring is 1. The maximum absolute atomic E-state index is 14.0. The number of nitrogens with zero attached hydrogens (tertiary/aromatic N) is 3. The lowest BCUT2D eigenvalue weighted by Crippen LogP contribution is -2.14. The number of halogens is 2. The van der Waals surface area contributed by atoms with E-state index < -0.39 is 11.7 Å². The monoisotopic (exact) mass is 372 g/mol. The SMILES string of the molecule is Nc1ncccc1NCc1cc(NC(=O)c2cnc(Cl)cn2)ccc1F. The number of pyridine rings is 1. The second kappa shape index (κ2) is 7.75. The van der Waals surface area contributed by atoms with E-state index in [1.165, 1.54) is 30.6 Å². The molecule has 0 fully saturated rings. The van der Waals surface area contributed by atoms with Crippen molar-refractivity contribution < 1.29 is 9.18 Å². The number of amides is 1. The summed E-state index contributed by atoms with van der Waals surface area (Å²) in [5.74, 6) is -0.570. The predicted molar refractivity (Wildman–Crippen MR) is 97.4 cm³/mol. The average Bonchev–Trinajstić information content (AvgIpc) is 2.64. The Bertz CT molecular complexity index is 935. The highest BCUT2D eigenvalue weighted by molar-refractivity contribution is 6.29. The Morgan fingerprint density at radius 3 is 2.77 bits per heavy atom. The largest absolute Gasteiger partial charge is 0.382 e. The topological polar surface area (TPSA) is 106 Å². The average molecular weight is 373 g/mol. The van der Waals surface area contributed by atoms with Gasteiger partial charge in [0.05, 0.1) is 18.1 Å². The number of aromatic nitrogens is 3. The number of carbonyl (C=O) groups is 1. The lowest BCUT2D eigenvalue weighted by molar-refractivity contribution is 0.102. The van der Waals surface area contributed by atoms with Gasteiger partial charge in [0.1, 0.15) is 22.5 Å². The van der Waals surface area contributed by atoms with Gasteiger partial charge >= 0.3 is 0 Å². The van der Waals surface area contributed by atoms with E-state index in [0.717, 1.165) is 0 Å². The van der Waals surface area contributed by atoms with E-state index >= 15 is 0 Å². The molecular weight excluding hydrogens is 359 g/mol. The van der Waals surface area contributed by atoms with Gasteiger partial charge in [0, 0.05) is 24.0 Å². The summed E-state index contributed by atoms with van der Waals surface area (Å²) in [6, 6.07) is 7.71. The van der Waals surface area contributed by atoms with Crippen molar-refractivity contribution in [2.45, 2.75) is 6.54 Å². The Balaban J connectivity index is 1.72. The third kappa shape index (κ3) is 4.22. The summed E-state index contributed by atoms with van der Waals surface area (Å²) in [6.07, 6.45) is 4.10. The number of benzene rings is 1. The molecule has 0 spiro atoms. The van der Waals surface area contributed by atoms with Gasteiger partial charge in [-0.3, -0.25) is 4.79 Å². The van der Waals surface area contributed by atoms with Crippen molar-refractivity contribution in [3.8, 4) is 0 Å². The first kappa shape index (κ1) is 17.6. The Morgan fingerprint density at radius 2 is 2.04 bits per heavy atom. The number of anilines is 3. The van der Waals surface area contributed by atoms with Crippen LogP contribution in [0.15, 0.2) is 48.9 Å². The first-order valence-electron chi connectivity index (χ1n) is 7.54. The molecule has 0 aliphatic carbocycles. The van der Waals surface area contributed by atoms with Crippen LogP contribution >= 0.6 is 11.6 Å². The van der Waals surface area contributed by atoms with E-state index in [9.17, 15) is 9.18 Å². The number of hydrogen-bond donors (Lipinski definition) is 3. The van der Waals surface area contributed by atoms with E-state index in [-0.39, 0.29) is 17.4 Å². The lowest BCUT2D eigenvalue weighted by atomic mass is 10.1. The van der Waals surface area contributed by atoms with Gasteiger partial charge in [-0.25, -0.2) is 19.3 Å². The highest BCUT2D eigenvalue weighted by Crippen LogP contribution is 2.19. The minimum Gasteiger partial charge on any atom is -0.382 e. The highest BCUT2D eigenvalue weighted by Gasteiger charge is 2.11. The molecule has 132 valence electrons. The first-order chi connectivity index (χ1) is 12.5. The molecule has 0 atom stereocenters. The fourth-order valence-electron chi connectivity index (χ4n) is 2.17. The minimum atomic E-state index is -0.476. The Hall–Kier alpha value is -3.26. The molecule has 2 heterocycles. The van der Waals surface area contributed by atoms with Crippen molar-refractivity contribution in [3.63, 3.8) is 0 Å². The lowest BCUT2D eigenvalue weighted by Gasteiger charge is -2.11. The standard InChI is InChI=1S/C17H14ClFN6O/c18-15-9-23-14(8-24-15)17(26)25-11-3-4-12(19)10(6-11)7-22-13-2-1-5-21-16(13)20/h1-6,8-9,22H,7H2,(H2,20,21)(H,25,26). The van der Waals surface area contributed by atoms with Crippen molar-refractivity contribution in [2.24, 2.45) is 0 Å². The van der Waals surface area contributed by atoms with E-state index in [1.807, 2.05) is 0 Å². The van der Waals surface area contributed by atoms with Gasteiger partial charge in [0.25, 0.3) is 5.91 Å². The fourth-order valence-corrected chi connectivity index (χ4v) is 2.27.